The van der Waals surface area contributed by atoms with E-state index in [1.807, 2.05) is 0 Å². The molecule has 0 saturated carbocycles. The van der Waals surface area contributed by atoms with Gasteiger partial charge in [-0.25, -0.2) is 0 Å². The van der Waals surface area contributed by atoms with Crippen molar-refractivity contribution in [1.29, 1.82) is 0 Å². The maximum absolute atomic E-state index is 11.8. The van der Waals surface area contributed by atoms with E-state index in [0.717, 1.165) is 5.39 Å². The molecule has 5 nitrogen and oxygen atoms in total. The van der Waals surface area contributed by atoms with Gasteiger partial charge in [-0.3, -0.25) is 4.79 Å². The number of benzene rings is 1. The molecule has 2 rings (SSSR count). The number of aliphatic hydroxyl groups is 1. The smallest absolute Gasteiger partial charge is 0.287 e. The van der Waals surface area contributed by atoms with Crippen molar-refractivity contribution in [2.75, 3.05) is 12.3 Å². The lowest BCUT2D eigenvalue weighted by atomic mass is 10.2. The van der Waals surface area contributed by atoms with Crippen LogP contribution < -0.4 is 11.1 Å². The second-order valence-corrected chi connectivity index (χ2v) is 4.30. The second-order valence-electron chi connectivity index (χ2n) is 4.30. The van der Waals surface area contributed by atoms with Crippen LogP contribution in [0, 0.1) is 0 Å². The lowest BCUT2D eigenvalue weighted by molar-refractivity contribution is 0.0920. The zero-order chi connectivity index (χ0) is 13.1. The minimum atomic E-state index is -0.430. The first kappa shape index (κ1) is 12.4. The standard InChI is InChI=1S/C13H16N2O3/c1-8(16)4-5-15-13(17)12-7-9-6-10(14)2-3-11(9)18-12/h2-3,6-8,16H,4-5,14H2,1H3,(H,15,17). The Balaban J connectivity index is 2.08. The molecule has 5 heteroatoms. The zero-order valence-corrected chi connectivity index (χ0v) is 10.1. The van der Waals surface area contributed by atoms with Crippen molar-refractivity contribution in [3.63, 3.8) is 0 Å². The summed E-state index contributed by atoms with van der Waals surface area (Å²) in [5, 5.41) is 12.6. The van der Waals surface area contributed by atoms with Gasteiger partial charge in [0.25, 0.3) is 5.91 Å². The van der Waals surface area contributed by atoms with Crippen molar-refractivity contribution in [3.05, 3.63) is 30.0 Å². The highest BCUT2D eigenvalue weighted by atomic mass is 16.3. The first-order valence-corrected chi connectivity index (χ1v) is 5.81. The highest BCUT2D eigenvalue weighted by Gasteiger charge is 2.12. The minimum Gasteiger partial charge on any atom is -0.451 e. The normalized spacial score (nSPS) is 12.6. The molecule has 0 bridgehead atoms. The second kappa shape index (κ2) is 5.10. The predicted molar refractivity (Wildman–Crippen MR) is 69.3 cm³/mol. The van der Waals surface area contributed by atoms with Crippen molar-refractivity contribution in [2.24, 2.45) is 0 Å². The number of nitrogen functional groups attached to an aromatic ring is 1. The number of fused-ring (bicyclic) bond motifs is 1. The van der Waals surface area contributed by atoms with Gasteiger partial charge in [0.1, 0.15) is 5.58 Å². The molecule has 1 aromatic carbocycles. The maximum atomic E-state index is 11.8. The number of hydrogen-bond donors (Lipinski definition) is 3. The number of aliphatic hydroxyl groups excluding tert-OH is 1. The van der Waals surface area contributed by atoms with Gasteiger partial charge >= 0.3 is 0 Å². The molecule has 0 aliphatic heterocycles. The van der Waals surface area contributed by atoms with Crippen LogP contribution in [0.1, 0.15) is 23.9 Å². The summed E-state index contributed by atoms with van der Waals surface area (Å²) in [6.07, 6.45) is 0.0830. The molecule has 0 aliphatic rings. The van der Waals surface area contributed by atoms with Crippen molar-refractivity contribution >= 4 is 22.6 Å². The van der Waals surface area contributed by atoms with Gasteiger partial charge < -0.3 is 20.6 Å². The summed E-state index contributed by atoms with van der Waals surface area (Å²) in [6.45, 7) is 2.09. The molecule has 0 fully saturated rings. The SMILES string of the molecule is CC(O)CCNC(=O)c1cc2cc(N)ccc2o1. The van der Waals surface area contributed by atoms with Gasteiger partial charge in [-0.2, -0.15) is 0 Å². The van der Waals surface area contributed by atoms with E-state index in [1.54, 1.807) is 31.2 Å². The van der Waals surface area contributed by atoms with Gasteiger partial charge in [-0.1, -0.05) is 0 Å². The summed E-state index contributed by atoms with van der Waals surface area (Å²) >= 11 is 0. The Morgan fingerprint density at radius 2 is 2.28 bits per heavy atom. The Morgan fingerprint density at radius 1 is 1.50 bits per heavy atom. The molecule has 0 aliphatic carbocycles. The van der Waals surface area contributed by atoms with Crippen LogP contribution in [0.4, 0.5) is 5.69 Å². The van der Waals surface area contributed by atoms with E-state index < -0.39 is 6.10 Å². The van der Waals surface area contributed by atoms with Crippen molar-refractivity contribution in [3.8, 4) is 0 Å². The van der Waals surface area contributed by atoms with E-state index in [-0.39, 0.29) is 11.7 Å². The lowest BCUT2D eigenvalue weighted by Gasteiger charge is -2.04. The van der Waals surface area contributed by atoms with E-state index in [9.17, 15) is 4.79 Å². The van der Waals surface area contributed by atoms with Gasteiger partial charge in [0, 0.05) is 17.6 Å². The summed E-state index contributed by atoms with van der Waals surface area (Å²) < 4.78 is 5.41. The summed E-state index contributed by atoms with van der Waals surface area (Å²) in [6, 6.07) is 6.87. The van der Waals surface area contributed by atoms with Gasteiger partial charge in [-0.05, 0) is 37.6 Å². The number of nitrogens with two attached hydrogens (primary N) is 1. The topological polar surface area (TPSA) is 88.5 Å². The Hall–Kier alpha value is -2.01. The molecule has 1 amide bonds. The largest absolute Gasteiger partial charge is 0.451 e. The van der Waals surface area contributed by atoms with E-state index in [2.05, 4.69) is 5.32 Å². The minimum absolute atomic E-state index is 0.251. The number of furan rings is 1. The third-order valence-electron chi connectivity index (χ3n) is 2.61. The molecule has 0 saturated heterocycles. The monoisotopic (exact) mass is 248 g/mol. The molecule has 0 spiro atoms. The molecule has 1 unspecified atom stereocenters. The Bertz CT molecular complexity index is 560. The van der Waals surface area contributed by atoms with Crippen LogP contribution in [0.15, 0.2) is 28.7 Å². The number of amides is 1. The van der Waals surface area contributed by atoms with Crippen LogP contribution in [0.2, 0.25) is 0 Å². The van der Waals surface area contributed by atoms with E-state index in [4.69, 9.17) is 15.3 Å². The third-order valence-corrected chi connectivity index (χ3v) is 2.61. The Morgan fingerprint density at radius 3 is 3.00 bits per heavy atom. The predicted octanol–water partition coefficient (Wildman–Crippen LogP) is 1.52. The van der Waals surface area contributed by atoms with E-state index in [0.29, 0.717) is 24.2 Å². The first-order chi connectivity index (χ1) is 8.56. The molecule has 0 radical (unpaired) electrons. The summed E-state index contributed by atoms with van der Waals surface area (Å²) in [4.78, 5) is 11.8. The number of hydrogen-bond acceptors (Lipinski definition) is 4. The van der Waals surface area contributed by atoms with E-state index in [1.165, 1.54) is 0 Å². The van der Waals surface area contributed by atoms with E-state index >= 15 is 0 Å². The molecular weight excluding hydrogens is 232 g/mol. The summed E-state index contributed by atoms with van der Waals surface area (Å²) in [7, 11) is 0. The fourth-order valence-corrected chi connectivity index (χ4v) is 1.66. The van der Waals surface area contributed by atoms with Gasteiger partial charge in [0.15, 0.2) is 5.76 Å². The molecular formula is C13H16N2O3. The van der Waals surface area contributed by atoms with Crippen LogP contribution in [-0.4, -0.2) is 23.7 Å². The fourth-order valence-electron chi connectivity index (χ4n) is 1.66. The molecule has 1 atom stereocenters. The van der Waals surface area contributed by atoms with Crippen LogP contribution in [0.25, 0.3) is 11.0 Å². The van der Waals surface area contributed by atoms with Gasteiger partial charge in [-0.15, -0.1) is 0 Å². The van der Waals surface area contributed by atoms with Gasteiger partial charge in [0.05, 0.1) is 6.10 Å². The van der Waals surface area contributed by atoms with Crippen molar-refractivity contribution in [1.82, 2.24) is 5.32 Å². The Kier molecular flexibility index (Phi) is 3.53. The zero-order valence-electron chi connectivity index (χ0n) is 10.1. The van der Waals surface area contributed by atoms with Crippen LogP contribution in [0.5, 0.6) is 0 Å². The van der Waals surface area contributed by atoms with Crippen molar-refractivity contribution < 1.29 is 14.3 Å². The van der Waals surface area contributed by atoms with Crippen LogP contribution in [0.3, 0.4) is 0 Å². The number of carbonyl (C=O) groups excluding carboxylic acids is 1. The molecule has 18 heavy (non-hydrogen) atoms. The highest BCUT2D eigenvalue weighted by molar-refractivity contribution is 5.96. The number of rotatable bonds is 4. The first-order valence-electron chi connectivity index (χ1n) is 5.81. The summed E-state index contributed by atoms with van der Waals surface area (Å²) in [5.74, 6) is -0.0355. The molecule has 1 heterocycles. The lowest BCUT2D eigenvalue weighted by Crippen LogP contribution is -2.26. The van der Waals surface area contributed by atoms with Crippen molar-refractivity contribution in [2.45, 2.75) is 19.4 Å². The number of anilines is 1. The van der Waals surface area contributed by atoms with Crippen LogP contribution in [-0.2, 0) is 0 Å². The highest BCUT2D eigenvalue weighted by Crippen LogP contribution is 2.21. The third kappa shape index (κ3) is 2.81. The van der Waals surface area contributed by atoms with Crippen LogP contribution >= 0.6 is 0 Å². The molecule has 4 N–H and O–H groups in total. The Labute approximate surface area is 105 Å². The quantitative estimate of drug-likeness (QED) is 0.716. The number of nitrogens with one attached hydrogen (secondary N) is 1. The van der Waals surface area contributed by atoms with Gasteiger partial charge in [0.2, 0.25) is 0 Å². The summed E-state index contributed by atoms with van der Waals surface area (Å²) in [5.41, 5.74) is 6.91. The maximum Gasteiger partial charge on any atom is 0.287 e. The molecule has 2 aromatic rings. The number of carbonyl (C=O) groups is 1. The average Bonchev–Trinajstić information content (AvgIpc) is 2.71. The molecule has 1 aromatic heterocycles. The fraction of sp³-hybridized carbons (Fsp3) is 0.308. The average molecular weight is 248 g/mol. The molecule has 96 valence electrons.